The number of benzene rings is 1. The summed E-state index contributed by atoms with van der Waals surface area (Å²) in [6.07, 6.45) is 0. The molecule has 4 nitrogen and oxygen atoms in total. The Bertz CT molecular complexity index is 416. The smallest absolute Gasteiger partial charge is 0.0617 e. The monoisotopic (exact) mass is 267 g/mol. The lowest BCUT2D eigenvalue weighted by molar-refractivity contribution is 0.161. The number of hydrogen-bond acceptors (Lipinski definition) is 4. The predicted molar refractivity (Wildman–Crippen MR) is 76.1 cm³/mol. The van der Waals surface area contributed by atoms with Crippen LogP contribution >= 0.6 is 0 Å². The standard InChI is InChI=1S/C13H21N3OS/c1-15-6-8-16(9-7-15)10-11-18(17)13-5-3-2-4-12(13)14/h2-5H,6-11,14H2,1H3. The van der Waals surface area contributed by atoms with Crippen LogP contribution in [0.4, 0.5) is 5.69 Å². The molecule has 0 amide bonds. The van der Waals surface area contributed by atoms with Gasteiger partial charge in [0.1, 0.15) is 0 Å². The number of piperazine rings is 1. The van der Waals surface area contributed by atoms with Crippen LogP contribution in [-0.2, 0) is 10.8 Å². The lowest BCUT2D eigenvalue weighted by Gasteiger charge is -2.32. The van der Waals surface area contributed by atoms with Crippen molar-refractivity contribution in [3.8, 4) is 0 Å². The van der Waals surface area contributed by atoms with Gasteiger partial charge in [-0.3, -0.25) is 9.11 Å². The molecule has 1 aliphatic rings. The van der Waals surface area contributed by atoms with Crippen molar-refractivity contribution in [2.24, 2.45) is 0 Å². The van der Waals surface area contributed by atoms with Crippen LogP contribution in [0, 0.1) is 0 Å². The van der Waals surface area contributed by atoms with Crippen molar-refractivity contribution in [3.05, 3.63) is 24.3 Å². The largest absolute Gasteiger partial charge is 0.398 e. The number of para-hydroxylation sites is 1. The van der Waals surface area contributed by atoms with Crippen LogP contribution < -0.4 is 5.73 Å². The highest BCUT2D eigenvalue weighted by atomic mass is 32.2. The summed E-state index contributed by atoms with van der Waals surface area (Å²) in [4.78, 5) is 5.46. The number of nitrogens with two attached hydrogens (primary N) is 1. The normalized spacial score (nSPS) is 19.8. The Morgan fingerprint density at radius 1 is 1.22 bits per heavy atom. The van der Waals surface area contributed by atoms with E-state index in [9.17, 15) is 4.21 Å². The molecule has 0 radical (unpaired) electrons. The van der Waals surface area contributed by atoms with E-state index < -0.39 is 10.8 Å². The quantitative estimate of drug-likeness (QED) is 0.813. The molecular weight excluding hydrogens is 246 g/mol. The summed E-state index contributed by atoms with van der Waals surface area (Å²) in [7, 11) is 1.15. The molecule has 1 saturated heterocycles. The van der Waals surface area contributed by atoms with Crippen LogP contribution in [0.2, 0.25) is 0 Å². The van der Waals surface area contributed by atoms with Gasteiger partial charge in [-0.15, -0.1) is 0 Å². The van der Waals surface area contributed by atoms with Gasteiger partial charge in [-0.05, 0) is 19.2 Å². The van der Waals surface area contributed by atoms with E-state index in [0.717, 1.165) is 37.6 Å². The third-order valence-electron chi connectivity index (χ3n) is 3.35. The van der Waals surface area contributed by atoms with Crippen LogP contribution in [0.25, 0.3) is 0 Å². The molecule has 0 spiro atoms. The van der Waals surface area contributed by atoms with Gasteiger partial charge in [-0.1, -0.05) is 12.1 Å². The van der Waals surface area contributed by atoms with E-state index in [1.807, 2.05) is 24.3 Å². The number of likely N-dealkylation sites (N-methyl/N-ethyl adjacent to an activating group) is 1. The number of anilines is 1. The first-order valence-corrected chi connectivity index (χ1v) is 7.62. The third-order valence-corrected chi connectivity index (χ3v) is 4.77. The van der Waals surface area contributed by atoms with Crippen LogP contribution in [0.1, 0.15) is 0 Å². The van der Waals surface area contributed by atoms with E-state index in [1.165, 1.54) is 0 Å². The van der Waals surface area contributed by atoms with Gasteiger partial charge in [0.25, 0.3) is 0 Å². The molecule has 0 aliphatic carbocycles. The lowest BCUT2D eigenvalue weighted by Crippen LogP contribution is -2.45. The van der Waals surface area contributed by atoms with Crippen LogP contribution in [0.15, 0.2) is 29.2 Å². The fraction of sp³-hybridized carbons (Fsp3) is 0.538. The highest BCUT2D eigenvalue weighted by Crippen LogP contribution is 2.15. The Kier molecular flexibility index (Phi) is 4.74. The Morgan fingerprint density at radius 2 is 1.89 bits per heavy atom. The fourth-order valence-corrected chi connectivity index (χ4v) is 3.29. The minimum absolute atomic E-state index is 0.634. The molecule has 0 saturated carbocycles. The van der Waals surface area contributed by atoms with E-state index in [0.29, 0.717) is 11.4 Å². The fourth-order valence-electron chi connectivity index (χ4n) is 2.08. The average molecular weight is 267 g/mol. The number of rotatable bonds is 4. The van der Waals surface area contributed by atoms with Crippen molar-refractivity contribution >= 4 is 16.5 Å². The predicted octanol–water partition coefficient (Wildman–Crippen LogP) is 0.624. The maximum Gasteiger partial charge on any atom is 0.0617 e. The van der Waals surface area contributed by atoms with Gasteiger partial charge >= 0.3 is 0 Å². The van der Waals surface area contributed by atoms with Crippen molar-refractivity contribution in [1.82, 2.24) is 9.80 Å². The van der Waals surface area contributed by atoms with Crippen molar-refractivity contribution in [1.29, 1.82) is 0 Å². The number of hydrogen-bond donors (Lipinski definition) is 1. The molecule has 2 rings (SSSR count). The summed E-state index contributed by atoms with van der Waals surface area (Å²) in [5.74, 6) is 0.665. The molecule has 2 N–H and O–H groups in total. The molecule has 1 heterocycles. The first-order chi connectivity index (χ1) is 8.66. The van der Waals surface area contributed by atoms with Gasteiger partial charge < -0.3 is 10.6 Å². The second-order valence-electron chi connectivity index (χ2n) is 4.73. The van der Waals surface area contributed by atoms with Crippen molar-refractivity contribution in [2.75, 3.05) is 51.3 Å². The second kappa shape index (κ2) is 6.31. The summed E-state index contributed by atoms with van der Waals surface area (Å²) in [6, 6.07) is 7.43. The van der Waals surface area contributed by atoms with E-state index in [4.69, 9.17) is 5.73 Å². The van der Waals surface area contributed by atoms with E-state index in [-0.39, 0.29) is 0 Å². The zero-order valence-corrected chi connectivity index (χ0v) is 11.7. The maximum atomic E-state index is 12.2. The number of nitrogens with zero attached hydrogens (tertiary/aromatic N) is 2. The van der Waals surface area contributed by atoms with Gasteiger partial charge in [-0.25, -0.2) is 0 Å². The third kappa shape index (κ3) is 3.54. The molecule has 5 heteroatoms. The van der Waals surface area contributed by atoms with Gasteiger partial charge in [0, 0.05) is 44.2 Å². The Hall–Kier alpha value is -0.910. The topological polar surface area (TPSA) is 49.6 Å². The highest BCUT2D eigenvalue weighted by molar-refractivity contribution is 7.85. The minimum Gasteiger partial charge on any atom is -0.398 e. The Labute approximate surface area is 111 Å². The molecule has 1 aromatic carbocycles. The van der Waals surface area contributed by atoms with Crippen LogP contribution in [0.3, 0.4) is 0 Å². The van der Waals surface area contributed by atoms with Crippen LogP contribution in [0.5, 0.6) is 0 Å². The summed E-state index contributed by atoms with van der Waals surface area (Å²) in [5, 5.41) is 0. The number of nitrogen functional groups attached to an aromatic ring is 1. The van der Waals surface area contributed by atoms with Crippen molar-refractivity contribution in [2.45, 2.75) is 4.90 Å². The minimum atomic E-state index is -0.986. The average Bonchev–Trinajstić information content (AvgIpc) is 2.38. The van der Waals surface area contributed by atoms with Crippen LogP contribution in [-0.4, -0.2) is 59.5 Å². The molecule has 100 valence electrons. The molecule has 1 atom stereocenters. The van der Waals surface area contributed by atoms with Gasteiger partial charge in [-0.2, -0.15) is 0 Å². The molecule has 18 heavy (non-hydrogen) atoms. The summed E-state index contributed by atoms with van der Waals surface area (Å²) in [6.45, 7) is 5.21. The summed E-state index contributed by atoms with van der Waals surface area (Å²) >= 11 is 0. The van der Waals surface area contributed by atoms with Gasteiger partial charge in [0.05, 0.1) is 15.7 Å². The zero-order chi connectivity index (χ0) is 13.0. The van der Waals surface area contributed by atoms with Crippen molar-refractivity contribution < 1.29 is 4.21 Å². The summed E-state index contributed by atoms with van der Waals surface area (Å²) in [5.41, 5.74) is 6.47. The van der Waals surface area contributed by atoms with E-state index in [2.05, 4.69) is 16.8 Å². The van der Waals surface area contributed by atoms with Gasteiger partial charge in [0.15, 0.2) is 0 Å². The first kappa shape index (κ1) is 13.5. The molecule has 0 aromatic heterocycles. The molecule has 0 bridgehead atoms. The van der Waals surface area contributed by atoms with E-state index >= 15 is 0 Å². The molecule has 1 aromatic rings. The molecular formula is C13H21N3OS. The molecule has 1 aliphatic heterocycles. The first-order valence-electron chi connectivity index (χ1n) is 6.30. The lowest BCUT2D eigenvalue weighted by atomic mass is 10.3. The van der Waals surface area contributed by atoms with Crippen molar-refractivity contribution in [3.63, 3.8) is 0 Å². The molecule has 1 fully saturated rings. The Balaban J connectivity index is 1.84. The second-order valence-corrected chi connectivity index (χ2v) is 6.27. The summed E-state index contributed by atoms with van der Waals surface area (Å²) < 4.78 is 12.2. The Morgan fingerprint density at radius 3 is 2.56 bits per heavy atom. The maximum absolute atomic E-state index is 12.2. The van der Waals surface area contributed by atoms with Gasteiger partial charge in [0.2, 0.25) is 0 Å². The van der Waals surface area contributed by atoms with E-state index in [1.54, 1.807) is 0 Å². The highest BCUT2D eigenvalue weighted by Gasteiger charge is 2.15. The SMILES string of the molecule is CN1CCN(CCS(=O)c2ccccc2N)CC1. The zero-order valence-electron chi connectivity index (χ0n) is 10.8. The molecule has 1 unspecified atom stereocenters.